The maximum atomic E-state index is 13.3. The molecule has 1 saturated heterocycles. The molecule has 1 aliphatic heterocycles. The van der Waals surface area contributed by atoms with Gasteiger partial charge >= 0.3 is 0 Å². The van der Waals surface area contributed by atoms with Crippen molar-refractivity contribution in [2.24, 2.45) is 0 Å². The Bertz CT molecular complexity index is 687. The molecule has 25 heavy (non-hydrogen) atoms. The lowest BCUT2D eigenvalue weighted by Crippen LogP contribution is -2.51. The standard InChI is InChI=1S/C21H27N3O/c1-22(2)20(18-12-8-5-9-13-18)21(25)24-15-14-23(3)19(16-24)17-10-6-4-7-11-17/h4-13,19-20H,14-16H2,1-3H3. The number of hydrogen-bond acceptors (Lipinski definition) is 3. The van der Waals surface area contributed by atoms with E-state index < -0.39 is 0 Å². The number of hydrogen-bond donors (Lipinski definition) is 0. The Hall–Kier alpha value is -2.17. The van der Waals surface area contributed by atoms with E-state index in [9.17, 15) is 4.79 Å². The van der Waals surface area contributed by atoms with Crippen molar-refractivity contribution in [1.82, 2.24) is 14.7 Å². The molecule has 132 valence electrons. The van der Waals surface area contributed by atoms with E-state index in [1.54, 1.807) is 0 Å². The predicted molar refractivity (Wildman–Crippen MR) is 101 cm³/mol. The molecule has 2 aromatic carbocycles. The van der Waals surface area contributed by atoms with E-state index in [2.05, 4.69) is 36.2 Å². The summed E-state index contributed by atoms with van der Waals surface area (Å²) >= 11 is 0. The molecule has 2 atom stereocenters. The lowest BCUT2D eigenvalue weighted by molar-refractivity contribution is -0.139. The van der Waals surface area contributed by atoms with Crippen molar-refractivity contribution in [3.8, 4) is 0 Å². The molecule has 3 rings (SSSR count). The molecule has 1 heterocycles. The SMILES string of the molecule is CN(C)C(C(=O)N1CCN(C)C(c2ccccc2)C1)c1ccccc1. The number of rotatable bonds is 4. The fourth-order valence-corrected chi connectivity index (χ4v) is 3.58. The highest BCUT2D eigenvalue weighted by Crippen LogP contribution is 2.27. The van der Waals surface area contributed by atoms with E-state index in [0.717, 1.165) is 25.2 Å². The summed E-state index contributed by atoms with van der Waals surface area (Å²) < 4.78 is 0. The summed E-state index contributed by atoms with van der Waals surface area (Å²) in [4.78, 5) is 19.7. The van der Waals surface area contributed by atoms with Gasteiger partial charge in [0.05, 0.1) is 6.04 Å². The molecule has 4 heteroatoms. The van der Waals surface area contributed by atoms with Crippen LogP contribution in [0.4, 0.5) is 0 Å². The average Bonchev–Trinajstić information content (AvgIpc) is 2.63. The second kappa shape index (κ2) is 7.81. The largest absolute Gasteiger partial charge is 0.338 e. The van der Waals surface area contributed by atoms with Gasteiger partial charge in [-0.25, -0.2) is 0 Å². The second-order valence-electron chi connectivity index (χ2n) is 6.97. The first-order valence-electron chi connectivity index (χ1n) is 8.83. The molecule has 1 fully saturated rings. The average molecular weight is 337 g/mol. The minimum atomic E-state index is -0.235. The first-order chi connectivity index (χ1) is 12.1. The number of carbonyl (C=O) groups excluding carboxylic acids is 1. The number of piperazine rings is 1. The van der Waals surface area contributed by atoms with Crippen LogP contribution in [-0.4, -0.2) is 61.4 Å². The van der Waals surface area contributed by atoms with E-state index in [0.29, 0.717) is 0 Å². The van der Waals surface area contributed by atoms with Gasteiger partial charge in [0.1, 0.15) is 6.04 Å². The van der Waals surface area contributed by atoms with Crippen LogP contribution in [0.15, 0.2) is 60.7 Å². The van der Waals surface area contributed by atoms with Gasteiger partial charge in [-0.3, -0.25) is 14.6 Å². The zero-order chi connectivity index (χ0) is 17.8. The van der Waals surface area contributed by atoms with Crippen LogP contribution >= 0.6 is 0 Å². The molecule has 2 aromatic rings. The summed E-state index contributed by atoms with van der Waals surface area (Å²) in [7, 11) is 6.08. The third-order valence-electron chi connectivity index (χ3n) is 5.01. The lowest BCUT2D eigenvalue weighted by atomic mass is 10.0. The summed E-state index contributed by atoms with van der Waals surface area (Å²) in [5.41, 5.74) is 2.32. The maximum absolute atomic E-state index is 13.3. The van der Waals surface area contributed by atoms with Gasteiger partial charge < -0.3 is 4.90 Å². The molecule has 1 aliphatic rings. The highest BCUT2D eigenvalue weighted by atomic mass is 16.2. The third-order valence-corrected chi connectivity index (χ3v) is 5.01. The Morgan fingerprint density at radius 3 is 2.20 bits per heavy atom. The van der Waals surface area contributed by atoms with Gasteiger partial charge in [-0.15, -0.1) is 0 Å². The van der Waals surface area contributed by atoms with Crippen LogP contribution in [0.1, 0.15) is 23.2 Å². The fraction of sp³-hybridized carbons (Fsp3) is 0.381. The van der Waals surface area contributed by atoms with Crippen LogP contribution in [0.5, 0.6) is 0 Å². The van der Waals surface area contributed by atoms with Crippen molar-refractivity contribution in [1.29, 1.82) is 0 Å². The van der Waals surface area contributed by atoms with Crippen molar-refractivity contribution >= 4 is 5.91 Å². The lowest BCUT2D eigenvalue weighted by Gasteiger charge is -2.41. The minimum absolute atomic E-state index is 0.185. The molecule has 0 N–H and O–H groups in total. The molecule has 2 unspecified atom stereocenters. The quantitative estimate of drug-likeness (QED) is 0.858. The first kappa shape index (κ1) is 17.6. The van der Waals surface area contributed by atoms with Crippen LogP contribution in [0.2, 0.25) is 0 Å². The topological polar surface area (TPSA) is 26.8 Å². The number of likely N-dealkylation sites (N-methyl/N-ethyl adjacent to an activating group) is 2. The normalized spacial score (nSPS) is 19.8. The van der Waals surface area contributed by atoms with E-state index in [1.807, 2.05) is 60.3 Å². The molecule has 0 aromatic heterocycles. The van der Waals surface area contributed by atoms with E-state index in [-0.39, 0.29) is 18.0 Å². The second-order valence-corrected chi connectivity index (χ2v) is 6.97. The summed E-state index contributed by atoms with van der Waals surface area (Å²) in [5.74, 6) is 0.185. The van der Waals surface area contributed by atoms with Gasteiger partial charge in [0.2, 0.25) is 5.91 Å². The van der Waals surface area contributed by atoms with Gasteiger partial charge in [-0.2, -0.15) is 0 Å². The van der Waals surface area contributed by atoms with Crippen molar-refractivity contribution in [2.45, 2.75) is 12.1 Å². The molecule has 1 amide bonds. The zero-order valence-corrected chi connectivity index (χ0v) is 15.3. The van der Waals surface area contributed by atoms with Gasteiger partial charge in [-0.05, 0) is 32.3 Å². The molecule has 0 spiro atoms. The van der Waals surface area contributed by atoms with Crippen molar-refractivity contribution in [2.75, 3.05) is 40.8 Å². The van der Waals surface area contributed by atoms with Crippen LogP contribution in [0.3, 0.4) is 0 Å². The third kappa shape index (κ3) is 3.91. The predicted octanol–water partition coefficient (Wildman–Crippen LogP) is 2.80. The Labute approximate surface area is 150 Å². The summed E-state index contributed by atoms with van der Waals surface area (Å²) in [6, 6.07) is 20.5. The van der Waals surface area contributed by atoms with Gasteiger partial charge in [0.15, 0.2) is 0 Å². The van der Waals surface area contributed by atoms with E-state index >= 15 is 0 Å². The van der Waals surface area contributed by atoms with E-state index in [4.69, 9.17) is 0 Å². The monoisotopic (exact) mass is 337 g/mol. The molecule has 0 radical (unpaired) electrons. The van der Waals surface area contributed by atoms with Gasteiger partial charge in [0, 0.05) is 19.6 Å². The molecular formula is C21H27N3O. The Balaban J connectivity index is 1.81. The van der Waals surface area contributed by atoms with Gasteiger partial charge in [0.25, 0.3) is 0 Å². The van der Waals surface area contributed by atoms with Gasteiger partial charge in [-0.1, -0.05) is 60.7 Å². The van der Waals surface area contributed by atoms with Crippen LogP contribution in [0, 0.1) is 0 Å². The number of amides is 1. The van der Waals surface area contributed by atoms with Crippen LogP contribution in [-0.2, 0) is 4.79 Å². The fourth-order valence-electron chi connectivity index (χ4n) is 3.58. The Kier molecular flexibility index (Phi) is 5.51. The van der Waals surface area contributed by atoms with Crippen LogP contribution < -0.4 is 0 Å². The highest BCUT2D eigenvalue weighted by Gasteiger charge is 2.33. The minimum Gasteiger partial charge on any atom is -0.338 e. The highest BCUT2D eigenvalue weighted by molar-refractivity contribution is 5.83. The van der Waals surface area contributed by atoms with E-state index in [1.165, 1.54) is 5.56 Å². The molecule has 4 nitrogen and oxygen atoms in total. The smallest absolute Gasteiger partial charge is 0.244 e. The number of carbonyl (C=O) groups is 1. The van der Waals surface area contributed by atoms with Crippen molar-refractivity contribution in [3.63, 3.8) is 0 Å². The molecule has 0 saturated carbocycles. The summed E-state index contributed by atoms with van der Waals surface area (Å²) in [5, 5.41) is 0. The summed E-state index contributed by atoms with van der Waals surface area (Å²) in [6.07, 6.45) is 0. The first-order valence-corrected chi connectivity index (χ1v) is 8.83. The summed E-state index contributed by atoms with van der Waals surface area (Å²) in [6.45, 7) is 2.40. The number of benzene rings is 2. The maximum Gasteiger partial charge on any atom is 0.244 e. The molecular weight excluding hydrogens is 310 g/mol. The van der Waals surface area contributed by atoms with Crippen LogP contribution in [0.25, 0.3) is 0 Å². The van der Waals surface area contributed by atoms with Crippen molar-refractivity contribution in [3.05, 3.63) is 71.8 Å². The Morgan fingerprint density at radius 1 is 1.00 bits per heavy atom. The zero-order valence-electron chi connectivity index (χ0n) is 15.3. The molecule has 0 aliphatic carbocycles. The van der Waals surface area contributed by atoms with Crippen molar-refractivity contribution < 1.29 is 4.79 Å². The molecule has 0 bridgehead atoms. The Morgan fingerprint density at radius 2 is 1.60 bits per heavy atom. The number of nitrogens with zero attached hydrogens (tertiary/aromatic N) is 3.